The summed E-state index contributed by atoms with van der Waals surface area (Å²) in [5, 5.41) is 0. The van der Waals surface area contributed by atoms with Gasteiger partial charge in [-0.15, -0.1) is 0 Å². The molecule has 0 saturated carbocycles. The molecule has 1 aliphatic rings. The van der Waals surface area contributed by atoms with Crippen LogP contribution < -0.4 is 10.6 Å². The molecule has 1 fully saturated rings. The summed E-state index contributed by atoms with van der Waals surface area (Å²) in [6, 6.07) is 0. The average molecular weight is 248 g/mol. The topological polar surface area (TPSA) is 55.0 Å². The van der Waals surface area contributed by atoms with Gasteiger partial charge in [0.1, 0.15) is 18.0 Å². The molecule has 1 aliphatic heterocycles. The van der Waals surface area contributed by atoms with Crippen molar-refractivity contribution in [2.45, 2.75) is 46.5 Å². The Bertz CT molecular complexity index is 426. The van der Waals surface area contributed by atoms with Gasteiger partial charge >= 0.3 is 0 Å². The van der Waals surface area contributed by atoms with E-state index >= 15 is 0 Å². The highest BCUT2D eigenvalue weighted by molar-refractivity contribution is 5.58. The van der Waals surface area contributed by atoms with Crippen molar-refractivity contribution < 1.29 is 0 Å². The van der Waals surface area contributed by atoms with Crippen LogP contribution in [0.5, 0.6) is 0 Å². The van der Waals surface area contributed by atoms with Gasteiger partial charge < -0.3 is 10.6 Å². The lowest BCUT2D eigenvalue weighted by molar-refractivity contribution is 0.291. The molecular weight excluding hydrogens is 224 g/mol. The molecule has 1 aromatic rings. The van der Waals surface area contributed by atoms with Crippen molar-refractivity contribution in [2.24, 2.45) is 5.41 Å². The second-order valence-electron chi connectivity index (χ2n) is 6.34. The Balaban J connectivity index is 2.36. The number of piperidine rings is 1. The van der Waals surface area contributed by atoms with E-state index in [0.717, 1.165) is 24.5 Å². The number of hydrogen-bond donors (Lipinski definition) is 1. The molecule has 1 saturated heterocycles. The minimum atomic E-state index is 0.353. The van der Waals surface area contributed by atoms with E-state index in [0.29, 0.717) is 17.2 Å². The summed E-state index contributed by atoms with van der Waals surface area (Å²) in [4.78, 5) is 11.0. The van der Waals surface area contributed by atoms with Crippen molar-refractivity contribution in [3.8, 4) is 0 Å². The summed E-state index contributed by atoms with van der Waals surface area (Å²) in [7, 11) is 0. The molecule has 2 heterocycles. The zero-order chi connectivity index (χ0) is 13.3. The number of aromatic nitrogens is 2. The Labute approximate surface area is 110 Å². The molecule has 4 heteroatoms. The van der Waals surface area contributed by atoms with Crippen LogP contribution in [-0.2, 0) is 0 Å². The predicted molar refractivity (Wildman–Crippen MR) is 75.8 cm³/mol. The molecular formula is C14H24N4. The van der Waals surface area contributed by atoms with E-state index in [1.807, 2.05) is 0 Å². The fourth-order valence-corrected chi connectivity index (χ4v) is 2.81. The van der Waals surface area contributed by atoms with Gasteiger partial charge in [0.25, 0.3) is 0 Å². The van der Waals surface area contributed by atoms with Crippen LogP contribution in [0.4, 0.5) is 11.6 Å². The van der Waals surface area contributed by atoms with Gasteiger partial charge in [0.15, 0.2) is 0 Å². The van der Waals surface area contributed by atoms with E-state index in [1.54, 1.807) is 6.33 Å². The van der Waals surface area contributed by atoms with Gasteiger partial charge in [0.05, 0.1) is 0 Å². The summed E-state index contributed by atoms with van der Waals surface area (Å²) in [5.41, 5.74) is 7.46. The Morgan fingerprint density at radius 2 is 2.06 bits per heavy atom. The first kappa shape index (κ1) is 13.1. The van der Waals surface area contributed by atoms with Gasteiger partial charge in [-0.05, 0) is 24.2 Å². The van der Waals surface area contributed by atoms with Crippen LogP contribution in [0.2, 0.25) is 0 Å². The van der Waals surface area contributed by atoms with Crippen molar-refractivity contribution in [2.75, 3.05) is 23.7 Å². The van der Waals surface area contributed by atoms with E-state index in [9.17, 15) is 0 Å². The molecule has 1 aromatic heterocycles. The second-order valence-corrected chi connectivity index (χ2v) is 6.34. The van der Waals surface area contributed by atoms with Crippen LogP contribution in [0.15, 0.2) is 6.33 Å². The second kappa shape index (κ2) is 4.75. The average Bonchev–Trinajstić information content (AvgIpc) is 2.26. The lowest BCUT2D eigenvalue weighted by Gasteiger charge is -2.39. The molecule has 2 rings (SSSR count). The molecule has 100 valence electrons. The van der Waals surface area contributed by atoms with E-state index < -0.39 is 0 Å². The summed E-state index contributed by atoms with van der Waals surface area (Å²) < 4.78 is 0. The van der Waals surface area contributed by atoms with Gasteiger partial charge in [0, 0.05) is 18.7 Å². The van der Waals surface area contributed by atoms with Crippen LogP contribution in [0.1, 0.15) is 52.0 Å². The Hall–Kier alpha value is -1.32. The summed E-state index contributed by atoms with van der Waals surface area (Å²) in [6.45, 7) is 11.0. The molecule has 2 N–H and O–H groups in total. The van der Waals surface area contributed by atoms with E-state index in [2.05, 4.69) is 42.6 Å². The number of anilines is 2. The monoisotopic (exact) mass is 248 g/mol. The standard InChI is InChI=1S/C14H24N4/c1-10(2)11-12(15)16-9-17-13(11)18-7-5-6-14(3,4)8-18/h9-10H,5-8H2,1-4H3,(H2,15,16,17). The van der Waals surface area contributed by atoms with Crippen LogP contribution in [0.25, 0.3) is 0 Å². The first-order valence-corrected chi connectivity index (χ1v) is 6.76. The Kier molecular flexibility index (Phi) is 3.46. The van der Waals surface area contributed by atoms with Crippen molar-refractivity contribution in [3.63, 3.8) is 0 Å². The van der Waals surface area contributed by atoms with Crippen molar-refractivity contribution in [3.05, 3.63) is 11.9 Å². The number of nitrogens with zero attached hydrogens (tertiary/aromatic N) is 3. The number of nitrogen functional groups attached to an aromatic ring is 1. The summed E-state index contributed by atoms with van der Waals surface area (Å²) >= 11 is 0. The first-order chi connectivity index (χ1) is 8.41. The predicted octanol–water partition coefficient (Wildman–Crippen LogP) is 2.81. The highest BCUT2D eigenvalue weighted by Crippen LogP contribution is 2.35. The van der Waals surface area contributed by atoms with Gasteiger partial charge in [-0.1, -0.05) is 27.7 Å². The Morgan fingerprint density at radius 1 is 1.33 bits per heavy atom. The molecule has 0 bridgehead atoms. The van der Waals surface area contributed by atoms with Crippen LogP contribution >= 0.6 is 0 Å². The SMILES string of the molecule is CC(C)c1c(N)ncnc1N1CCCC(C)(C)C1. The smallest absolute Gasteiger partial charge is 0.137 e. The highest BCUT2D eigenvalue weighted by atomic mass is 15.2. The first-order valence-electron chi connectivity index (χ1n) is 6.76. The quantitative estimate of drug-likeness (QED) is 0.874. The molecule has 0 spiro atoms. The fourth-order valence-electron chi connectivity index (χ4n) is 2.81. The minimum Gasteiger partial charge on any atom is -0.383 e. The molecule has 18 heavy (non-hydrogen) atoms. The molecule has 0 aliphatic carbocycles. The molecule has 4 nitrogen and oxygen atoms in total. The fraction of sp³-hybridized carbons (Fsp3) is 0.714. The van der Waals surface area contributed by atoms with E-state index in [-0.39, 0.29) is 0 Å². The minimum absolute atomic E-state index is 0.353. The highest BCUT2D eigenvalue weighted by Gasteiger charge is 2.29. The van der Waals surface area contributed by atoms with Gasteiger partial charge in [0.2, 0.25) is 0 Å². The van der Waals surface area contributed by atoms with Crippen LogP contribution in [0, 0.1) is 5.41 Å². The normalized spacial score (nSPS) is 19.3. The Morgan fingerprint density at radius 3 is 2.67 bits per heavy atom. The summed E-state index contributed by atoms with van der Waals surface area (Å²) in [5.74, 6) is 2.01. The van der Waals surface area contributed by atoms with E-state index in [1.165, 1.54) is 12.8 Å². The maximum atomic E-state index is 6.02. The molecule has 0 atom stereocenters. The summed E-state index contributed by atoms with van der Waals surface area (Å²) in [6.07, 6.45) is 4.08. The lowest BCUT2D eigenvalue weighted by Crippen LogP contribution is -2.41. The number of rotatable bonds is 2. The molecule has 0 aromatic carbocycles. The van der Waals surface area contributed by atoms with Crippen molar-refractivity contribution in [1.82, 2.24) is 9.97 Å². The van der Waals surface area contributed by atoms with Gasteiger partial charge in [-0.2, -0.15) is 0 Å². The zero-order valence-corrected chi connectivity index (χ0v) is 11.9. The maximum Gasteiger partial charge on any atom is 0.137 e. The number of hydrogen-bond acceptors (Lipinski definition) is 4. The van der Waals surface area contributed by atoms with Crippen LogP contribution in [0.3, 0.4) is 0 Å². The molecule has 0 amide bonds. The third kappa shape index (κ3) is 2.57. The largest absolute Gasteiger partial charge is 0.383 e. The molecule has 0 radical (unpaired) electrons. The van der Waals surface area contributed by atoms with Gasteiger partial charge in [-0.3, -0.25) is 0 Å². The van der Waals surface area contributed by atoms with Crippen molar-refractivity contribution >= 4 is 11.6 Å². The van der Waals surface area contributed by atoms with Crippen molar-refractivity contribution in [1.29, 1.82) is 0 Å². The maximum absolute atomic E-state index is 6.02. The number of nitrogens with two attached hydrogens (primary N) is 1. The van der Waals surface area contributed by atoms with E-state index in [4.69, 9.17) is 5.73 Å². The van der Waals surface area contributed by atoms with Crippen LogP contribution in [-0.4, -0.2) is 23.1 Å². The molecule has 0 unspecified atom stereocenters. The third-order valence-electron chi connectivity index (χ3n) is 3.67. The lowest BCUT2D eigenvalue weighted by atomic mass is 9.84. The van der Waals surface area contributed by atoms with Gasteiger partial charge in [-0.25, -0.2) is 9.97 Å². The third-order valence-corrected chi connectivity index (χ3v) is 3.67. The zero-order valence-electron chi connectivity index (χ0n) is 11.9.